The van der Waals surface area contributed by atoms with Gasteiger partial charge >= 0.3 is 6.18 Å². The third kappa shape index (κ3) is 2.80. The smallest absolute Gasteiger partial charge is 0.362 e. The van der Waals surface area contributed by atoms with Crippen molar-refractivity contribution in [1.29, 1.82) is 0 Å². The van der Waals surface area contributed by atoms with Crippen LogP contribution >= 0.6 is 0 Å². The van der Waals surface area contributed by atoms with Crippen molar-refractivity contribution in [1.82, 2.24) is 9.97 Å². The minimum atomic E-state index is -4.46. The molecule has 1 aliphatic rings. The molecule has 0 saturated heterocycles. The first-order chi connectivity index (χ1) is 8.87. The summed E-state index contributed by atoms with van der Waals surface area (Å²) >= 11 is 0. The van der Waals surface area contributed by atoms with Crippen LogP contribution in [0.3, 0.4) is 0 Å². The Morgan fingerprint density at radius 3 is 2.58 bits per heavy atom. The van der Waals surface area contributed by atoms with E-state index in [1.165, 1.54) is 0 Å². The number of hydrogen-bond donors (Lipinski definition) is 2. The van der Waals surface area contributed by atoms with E-state index in [2.05, 4.69) is 15.3 Å². The van der Waals surface area contributed by atoms with Gasteiger partial charge in [0.15, 0.2) is 5.69 Å². The summed E-state index contributed by atoms with van der Waals surface area (Å²) in [6.07, 6.45) is 1.02. The number of halogens is 3. The Morgan fingerprint density at radius 2 is 2.16 bits per heavy atom. The van der Waals surface area contributed by atoms with E-state index in [0.717, 1.165) is 38.1 Å². The largest absolute Gasteiger partial charge is 0.434 e. The van der Waals surface area contributed by atoms with E-state index in [9.17, 15) is 13.2 Å². The third-order valence-corrected chi connectivity index (χ3v) is 3.80. The summed E-state index contributed by atoms with van der Waals surface area (Å²) in [5.74, 6) is 0.340. The molecule has 2 atom stereocenters. The third-order valence-electron chi connectivity index (χ3n) is 3.80. The number of anilines is 1. The van der Waals surface area contributed by atoms with Crippen LogP contribution < -0.4 is 11.1 Å². The van der Waals surface area contributed by atoms with Crippen molar-refractivity contribution in [3.8, 4) is 0 Å². The van der Waals surface area contributed by atoms with Crippen molar-refractivity contribution < 1.29 is 13.2 Å². The molecule has 0 aliphatic heterocycles. The predicted octanol–water partition coefficient (Wildman–Crippen LogP) is 2.57. The summed E-state index contributed by atoms with van der Waals surface area (Å²) in [5.41, 5.74) is 4.81. The second-order valence-electron chi connectivity index (χ2n) is 4.92. The van der Waals surface area contributed by atoms with Crippen molar-refractivity contribution in [3.63, 3.8) is 0 Å². The van der Waals surface area contributed by atoms with Crippen LogP contribution in [0, 0.1) is 0 Å². The number of alkyl halides is 3. The normalized spacial score (nSPS) is 27.5. The molecule has 2 unspecified atom stereocenters. The molecular formula is C12H17F3N4. The van der Waals surface area contributed by atoms with E-state index in [1.807, 2.05) is 6.92 Å². The average Bonchev–Trinajstić information content (AvgIpc) is 2.71. The molecule has 1 aromatic rings. The van der Waals surface area contributed by atoms with E-state index in [1.54, 1.807) is 0 Å². The average molecular weight is 274 g/mol. The van der Waals surface area contributed by atoms with Crippen LogP contribution in [0.15, 0.2) is 12.4 Å². The zero-order valence-corrected chi connectivity index (χ0v) is 10.7. The van der Waals surface area contributed by atoms with Gasteiger partial charge in [0.25, 0.3) is 0 Å². The van der Waals surface area contributed by atoms with E-state index in [-0.39, 0.29) is 11.6 Å². The Kier molecular flexibility index (Phi) is 3.66. The summed E-state index contributed by atoms with van der Waals surface area (Å²) in [6, 6.07) is -0.0124. The number of nitrogens with zero attached hydrogens (tertiary/aromatic N) is 2. The lowest BCUT2D eigenvalue weighted by atomic mass is 9.90. The molecule has 3 N–H and O–H groups in total. The molecule has 0 bridgehead atoms. The lowest BCUT2D eigenvalue weighted by Gasteiger charge is -2.34. The van der Waals surface area contributed by atoms with Crippen molar-refractivity contribution in [2.75, 3.05) is 5.32 Å². The van der Waals surface area contributed by atoms with Gasteiger partial charge in [0.05, 0.1) is 17.9 Å². The summed E-state index contributed by atoms with van der Waals surface area (Å²) in [4.78, 5) is 7.18. The van der Waals surface area contributed by atoms with Gasteiger partial charge in [-0.1, -0.05) is 6.92 Å². The Bertz CT molecular complexity index is 432. The molecule has 1 saturated carbocycles. The first kappa shape index (κ1) is 14.0. The van der Waals surface area contributed by atoms with Crippen molar-refractivity contribution in [2.24, 2.45) is 5.73 Å². The van der Waals surface area contributed by atoms with Crippen LogP contribution in [-0.4, -0.2) is 21.5 Å². The minimum Gasteiger partial charge on any atom is -0.362 e. The number of rotatable bonds is 3. The minimum absolute atomic E-state index is 0.0124. The summed E-state index contributed by atoms with van der Waals surface area (Å²) in [7, 11) is 0. The van der Waals surface area contributed by atoms with Gasteiger partial charge in [-0.15, -0.1) is 0 Å². The van der Waals surface area contributed by atoms with Gasteiger partial charge in [-0.2, -0.15) is 13.2 Å². The number of hydrogen-bond acceptors (Lipinski definition) is 4. The lowest BCUT2D eigenvalue weighted by Crippen LogP contribution is -2.49. The molecule has 1 aliphatic carbocycles. The number of nitrogens with one attached hydrogen (secondary N) is 1. The topological polar surface area (TPSA) is 63.8 Å². The maximum atomic E-state index is 12.4. The van der Waals surface area contributed by atoms with Gasteiger partial charge in [-0.05, 0) is 25.7 Å². The molecule has 0 amide bonds. The number of nitrogens with two attached hydrogens (primary N) is 1. The molecule has 1 fully saturated rings. The van der Waals surface area contributed by atoms with Gasteiger partial charge in [0.1, 0.15) is 5.82 Å². The van der Waals surface area contributed by atoms with Gasteiger partial charge < -0.3 is 11.1 Å². The van der Waals surface area contributed by atoms with Gasteiger partial charge in [-0.25, -0.2) is 9.97 Å². The fraction of sp³-hybridized carbons (Fsp3) is 0.667. The summed E-state index contributed by atoms with van der Waals surface area (Å²) in [5, 5.41) is 3.17. The fourth-order valence-corrected chi connectivity index (χ4v) is 2.58. The standard InChI is InChI=1S/C12H17F3N4/c1-2-11(5-3-4-8(11)16)19-10-7-17-9(6-18-10)12(13,14)15/h6-8H,2-5,16H2,1H3,(H,18,19). The van der Waals surface area contributed by atoms with Crippen molar-refractivity contribution in [2.45, 2.75) is 50.4 Å². The van der Waals surface area contributed by atoms with Crippen LogP contribution in [0.5, 0.6) is 0 Å². The first-order valence-corrected chi connectivity index (χ1v) is 6.30. The highest BCUT2D eigenvalue weighted by Gasteiger charge is 2.39. The van der Waals surface area contributed by atoms with E-state index in [4.69, 9.17) is 5.73 Å². The van der Waals surface area contributed by atoms with Crippen LogP contribution in [0.1, 0.15) is 38.3 Å². The van der Waals surface area contributed by atoms with E-state index < -0.39 is 11.9 Å². The molecule has 4 nitrogen and oxygen atoms in total. The second kappa shape index (κ2) is 4.96. The van der Waals surface area contributed by atoms with Gasteiger partial charge in [0, 0.05) is 6.04 Å². The molecule has 0 radical (unpaired) electrons. The molecule has 0 aromatic carbocycles. The molecule has 19 heavy (non-hydrogen) atoms. The lowest BCUT2D eigenvalue weighted by molar-refractivity contribution is -0.141. The highest BCUT2D eigenvalue weighted by atomic mass is 19.4. The molecule has 0 spiro atoms. The summed E-state index contributed by atoms with van der Waals surface area (Å²) in [6.45, 7) is 2.01. The summed E-state index contributed by atoms with van der Waals surface area (Å²) < 4.78 is 37.2. The van der Waals surface area contributed by atoms with Crippen LogP contribution in [0.2, 0.25) is 0 Å². The quantitative estimate of drug-likeness (QED) is 0.889. The predicted molar refractivity (Wildman–Crippen MR) is 65.5 cm³/mol. The van der Waals surface area contributed by atoms with Gasteiger partial charge in [0.2, 0.25) is 0 Å². The Hall–Kier alpha value is -1.37. The SMILES string of the molecule is CCC1(Nc2cnc(C(F)(F)F)cn2)CCCC1N. The first-order valence-electron chi connectivity index (χ1n) is 6.30. The van der Waals surface area contributed by atoms with Gasteiger partial charge in [-0.3, -0.25) is 0 Å². The monoisotopic (exact) mass is 274 g/mol. The Morgan fingerprint density at radius 1 is 1.42 bits per heavy atom. The molecule has 106 valence electrons. The molecule has 1 heterocycles. The Balaban J connectivity index is 2.15. The van der Waals surface area contributed by atoms with Crippen LogP contribution in [-0.2, 0) is 6.18 Å². The maximum absolute atomic E-state index is 12.4. The number of aromatic nitrogens is 2. The van der Waals surface area contributed by atoms with Crippen LogP contribution in [0.4, 0.5) is 19.0 Å². The van der Waals surface area contributed by atoms with E-state index >= 15 is 0 Å². The highest BCUT2D eigenvalue weighted by Crippen LogP contribution is 2.34. The zero-order chi connectivity index (χ0) is 14.1. The zero-order valence-electron chi connectivity index (χ0n) is 10.7. The molecule has 1 aromatic heterocycles. The second-order valence-corrected chi connectivity index (χ2v) is 4.92. The molecule has 7 heteroatoms. The molecular weight excluding hydrogens is 257 g/mol. The van der Waals surface area contributed by atoms with Crippen LogP contribution in [0.25, 0.3) is 0 Å². The molecule has 2 rings (SSSR count). The van der Waals surface area contributed by atoms with E-state index in [0.29, 0.717) is 5.82 Å². The fourth-order valence-electron chi connectivity index (χ4n) is 2.58. The maximum Gasteiger partial charge on any atom is 0.434 e. The highest BCUT2D eigenvalue weighted by molar-refractivity contribution is 5.37. The van der Waals surface area contributed by atoms with Crippen molar-refractivity contribution in [3.05, 3.63) is 18.1 Å². The Labute approximate surface area is 109 Å². The van der Waals surface area contributed by atoms with Crippen molar-refractivity contribution >= 4 is 5.82 Å².